The minimum Gasteiger partial charge on any atom is -0.494 e. The predicted molar refractivity (Wildman–Crippen MR) is 77.3 cm³/mol. The van der Waals surface area contributed by atoms with Crippen LogP contribution in [0.2, 0.25) is 0 Å². The van der Waals surface area contributed by atoms with Gasteiger partial charge in [-0.15, -0.1) is 0 Å². The van der Waals surface area contributed by atoms with Crippen LogP contribution in [0.5, 0.6) is 5.75 Å². The Balaban J connectivity index is 1.83. The van der Waals surface area contributed by atoms with Gasteiger partial charge in [-0.25, -0.2) is 0 Å². The summed E-state index contributed by atoms with van der Waals surface area (Å²) >= 11 is 0. The van der Waals surface area contributed by atoms with Crippen molar-refractivity contribution >= 4 is 0 Å². The number of ether oxygens (including phenoxy) is 2. The lowest BCUT2D eigenvalue weighted by atomic mass is 10.0. The fourth-order valence-corrected chi connectivity index (χ4v) is 2.48. The summed E-state index contributed by atoms with van der Waals surface area (Å²) in [5.41, 5.74) is 0.885. The minimum atomic E-state index is 0.103. The summed E-state index contributed by atoms with van der Waals surface area (Å²) in [5, 5.41) is 7.29. The van der Waals surface area contributed by atoms with Gasteiger partial charge in [-0.3, -0.25) is 0 Å². The third kappa shape index (κ3) is 2.91. The smallest absolute Gasteiger partial charge is 0.234 e. The van der Waals surface area contributed by atoms with E-state index in [1.165, 1.54) is 0 Å². The van der Waals surface area contributed by atoms with Crippen molar-refractivity contribution in [3.63, 3.8) is 0 Å². The van der Waals surface area contributed by atoms with E-state index in [1.54, 1.807) is 0 Å². The number of benzene rings is 1. The first-order valence-electron chi connectivity index (χ1n) is 7.13. The van der Waals surface area contributed by atoms with Crippen molar-refractivity contribution in [2.45, 2.75) is 18.9 Å². The molecule has 1 aromatic heterocycles. The number of aromatic nitrogens is 2. The summed E-state index contributed by atoms with van der Waals surface area (Å²) in [6, 6.07) is 7.91. The highest BCUT2D eigenvalue weighted by atomic mass is 16.5. The molecule has 1 aliphatic rings. The van der Waals surface area contributed by atoms with Crippen molar-refractivity contribution in [1.29, 1.82) is 0 Å². The van der Waals surface area contributed by atoms with Crippen LogP contribution in [0.1, 0.15) is 18.7 Å². The molecule has 0 bridgehead atoms. The molecule has 2 aromatic rings. The Bertz CT molecular complexity index is 599. The molecule has 112 valence electrons. The summed E-state index contributed by atoms with van der Waals surface area (Å²) in [6.07, 6.45) is 0. The van der Waals surface area contributed by atoms with Gasteiger partial charge in [0, 0.05) is 11.6 Å². The molecular weight excluding hydrogens is 270 g/mol. The van der Waals surface area contributed by atoms with Crippen LogP contribution >= 0.6 is 0 Å². The summed E-state index contributed by atoms with van der Waals surface area (Å²) < 4.78 is 16.4. The third-order valence-electron chi connectivity index (χ3n) is 3.61. The second-order valence-electron chi connectivity index (χ2n) is 4.96. The zero-order valence-electron chi connectivity index (χ0n) is 12.2. The normalized spacial score (nSPS) is 21.6. The Labute approximate surface area is 123 Å². The lowest BCUT2D eigenvalue weighted by molar-refractivity contribution is 0.185. The molecule has 2 heterocycles. The molecule has 1 N–H and O–H groups in total. The second kappa shape index (κ2) is 6.24. The van der Waals surface area contributed by atoms with Crippen LogP contribution in [0.4, 0.5) is 0 Å². The van der Waals surface area contributed by atoms with Crippen LogP contribution in [0, 0.1) is 0 Å². The van der Waals surface area contributed by atoms with E-state index in [9.17, 15) is 0 Å². The van der Waals surface area contributed by atoms with Gasteiger partial charge in [0.1, 0.15) is 5.75 Å². The summed E-state index contributed by atoms with van der Waals surface area (Å²) in [4.78, 5) is 4.51. The molecule has 1 saturated heterocycles. The van der Waals surface area contributed by atoms with Crippen LogP contribution in [0.25, 0.3) is 11.4 Å². The van der Waals surface area contributed by atoms with E-state index in [-0.39, 0.29) is 12.0 Å². The number of hydrogen-bond acceptors (Lipinski definition) is 6. The summed E-state index contributed by atoms with van der Waals surface area (Å²) in [6.45, 7) is 3.85. The lowest BCUT2D eigenvalue weighted by Gasteiger charge is -2.11. The standard InChI is InChI=1S/C15H19N3O3/c1-3-20-11-6-4-5-10(7-11)14-17-15(21-18-14)12-8-19-9-13(12)16-2/h4-7,12-13,16H,3,8-9H2,1-2H3. The molecule has 0 amide bonds. The van der Waals surface area contributed by atoms with Gasteiger partial charge in [-0.05, 0) is 26.1 Å². The van der Waals surface area contributed by atoms with Gasteiger partial charge in [0.05, 0.1) is 25.7 Å². The first-order valence-corrected chi connectivity index (χ1v) is 7.13. The number of likely N-dealkylation sites (N-methyl/N-ethyl adjacent to an activating group) is 1. The topological polar surface area (TPSA) is 69.4 Å². The Morgan fingerprint density at radius 2 is 2.29 bits per heavy atom. The molecule has 6 nitrogen and oxygen atoms in total. The van der Waals surface area contributed by atoms with Gasteiger partial charge in [-0.1, -0.05) is 17.3 Å². The minimum absolute atomic E-state index is 0.103. The molecule has 6 heteroatoms. The van der Waals surface area contributed by atoms with E-state index in [4.69, 9.17) is 14.0 Å². The van der Waals surface area contributed by atoms with Crippen LogP contribution in [0.3, 0.4) is 0 Å². The zero-order valence-corrected chi connectivity index (χ0v) is 12.2. The molecule has 2 unspecified atom stereocenters. The maximum Gasteiger partial charge on any atom is 0.234 e. The second-order valence-corrected chi connectivity index (χ2v) is 4.96. The molecule has 0 saturated carbocycles. The molecule has 0 radical (unpaired) electrons. The summed E-state index contributed by atoms with van der Waals surface area (Å²) in [7, 11) is 1.91. The van der Waals surface area contributed by atoms with Crippen molar-refractivity contribution in [2.24, 2.45) is 0 Å². The first kappa shape index (κ1) is 14.0. The van der Waals surface area contributed by atoms with Crippen molar-refractivity contribution in [2.75, 3.05) is 26.9 Å². The van der Waals surface area contributed by atoms with E-state index in [0.29, 0.717) is 31.5 Å². The van der Waals surface area contributed by atoms with Gasteiger partial charge in [0.2, 0.25) is 11.7 Å². The Morgan fingerprint density at radius 3 is 3.10 bits per heavy atom. The van der Waals surface area contributed by atoms with Gasteiger partial charge in [0.15, 0.2) is 0 Å². The van der Waals surface area contributed by atoms with Crippen molar-refractivity contribution < 1.29 is 14.0 Å². The lowest BCUT2D eigenvalue weighted by Crippen LogP contribution is -2.31. The molecular formula is C15H19N3O3. The Hall–Kier alpha value is -1.92. The molecule has 0 aliphatic carbocycles. The van der Waals surface area contributed by atoms with Gasteiger partial charge >= 0.3 is 0 Å². The van der Waals surface area contributed by atoms with Crippen LogP contribution in [0.15, 0.2) is 28.8 Å². The first-order chi connectivity index (χ1) is 10.3. The highest BCUT2D eigenvalue weighted by Crippen LogP contribution is 2.27. The van der Waals surface area contributed by atoms with Crippen LogP contribution < -0.4 is 10.1 Å². The van der Waals surface area contributed by atoms with Gasteiger partial charge in [-0.2, -0.15) is 4.98 Å². The van der Waals surface area contributed by atoms with Gasteiger partial charge < -0.3 is 19.3 Å². The largest absolute Gasteiger partial charge is 0.494 e. The van der Waals surface area contributed by atoms with Crippen molar-refractivity contribution in [1.82, 2.24) is 15.5 Å². The zero-order chi connectivity index (χ0) is 14.7. The number of nitrogens with one attached hydrogen (secondary N) is 1. The number of nitrogens with zero attached hydrogens (tertiary/aromatic N) is 2. The molecule has 3 rings (SSSR count). The molecule has 2 atom stereocenters. The number of hydrogen-bond donors (Lipinski definition) is 1. The summed E-state index contributed by atoms with van der Waals surface area (Å²) in [5.74, 6) is 2.10. The SMILES string of the molecule is CCOc1cccc(-c2noc(C3COCC3NC)n2)c1. The molecule has 0 spiro atoms. The maximum atomic E-state index is 5.49. The highest BCUT2D eigenvalue weighted by molar-refractivity contribution is 5.56. The van der Waals surface area contributed by atoms with E-state index in [2.05, 4.69) is 15.5 Å². The van der Waals surface area contributed by atoms with Gasteiger partial charge in [0.25, 0.3) is 0 Å². The number of rotatable bonds is 5. The van der Waals surface area contributed by atoms with Crippen molar-refractivity contribution in [3.8, 4) is 17.1 Å². The average Bonchev–Trinajstić information content (AvgIpc) is 3.16. The molecule has 1 fully saturated rings. The molecule has 21 heavy (non-hydrogen) atoms. The predicted octanol–water partition coefficient (Wildman–Crippen LogP) is 1.84. The maximum absolute atomic E-state index is 5.49. The van der Waals surface area contributed by atoms with E-state index in [1.807, 2.05) is 38.2 Å². The van der Waals surface area contributed by atoms with Crippen LogP contribution in [-0.4, -0.2) is 43.1 Å². The molecule has 1 aromatic carbocycles. The quantitative estimate of drug-likeness (QED) is 0.905. The Morgan fingerprint density at radius 1 is 1.38 bits per heavy atom. The Kier molecular flexibility index (Phi) is 4.17. The fourth-order valence-electron chi connectivity index (χ4n) is 2.48. The molecule has 1 aliphatic heterocycles. The fraction of sp³-hybridized carbons (Fsp3) is 0.467. The van der Waals surface area contributed by atoms with E-state index in [0.717, 1.165) is 11.3 Å². The average molecular weight is 289 g/mol. The van der Waals surface area contributed by atoms with Crippen molar-refractivity contribution in [3.05, 3.63) is 30.2 Å². The van der Waals surface area contributed by atoms with E-state index < -0.39 is 0 Å². The monoisotopic (exact) mass is 289 g/mol. The highest BCUT2D eigenvalue weighted by Gasteiger charge is 2.33. The third-order valence-corrected chi connectivity index (χ3v) is 3.61. The van der Waals surface area contributed by atoms with Crippen LogP contribution in [-0.2, 0) is 4.74 Å². The van der Waals surface area contributed by atoms with E-state index >= 15 is 0 Å².